The Morgan fingerprint density at radius 2 is 1.73 bits per heavy atom. The smallest absolute Gasteiger partial charge is 0.120 e. The minimum Gasteiger partial charge on any atom is -0.303 e. The lowest BCUT2D eigenvalue weighted by Gasteiger charge is -1.78. The minimum atomic E-state index is 0.619. The molecule has 0 aromatic carbocycles. The summed E-state index contributed by atoms with van der Waals surface area (Å²) in [6.07, 6.45) is 14.2. The standard InChI is InChI=1S/C10H14O/c1-2-3-4-5-6-7-8-9-10-11/h2-7,10H,8-9H2,1H3/b3-2-,5-4-,7-6+. The second kappa shape index (κ2) is 8.89. The average molecular weight is 150 g/mol. The number of unbranched alkanes of at least 4 members (excludes halogenated alkanes) is 1. The van der Waals surface area contributed by atoms with Gasteiger partial charge in [0.05, 0.1) is 0 Å². The normalized spacial score (nSPS) is 12.1. The van der Waals surface area contributed by atoms with Crippen molar-refractivity contribution >= 4 is 6.29 Å². The van der Waals surface area contributed by atoms with Gasteiger partial charge in [0.1, 0.15) is 6.29 Å². The molecule has 0 amide bonds. The molecular weight excluding hydrogens is 136 g/mol. The highest BCUT2D eigenvalue weighted by molar-refractivity contribution is 5.49. The van der Waals surface area contributed by atoms with Crippen molar-refractivity contribution in [2.75, 3.05) is 0 Å². The Kier molecular flexibility index (Phi) is 7.99. The molecule has 0 N–H and O–H groups in total. The molecule has 0 rings (SSSR count). The van der Waals surface area contributed by atoms with Crippen LogP contribution >= 0.6 is 0 Å². The van der Waals surface area contributed by atoms with Crippen molar-refractivity contribution in [1.82, 2.24) is 0 Å². The van der Waals surface area contributed by atoms with Gasteiger partial charge in [0.15, 0.2) is 0 Å². The monoisotopic (exact) mass is 150 g/mol. The Labute approximate surface area is 68.1 Å². The average Bonchev–Trinajstić information content (AvgIpc) is 2.03. The topological polar surface area (TPSA) is 17.1 Å². The highest BCUT2D eigenvalue weighted by Gasteiger charge is 1.73. The zero-order valence-electron chi connectivity index (χ0n) is 6.86. The molecule has 0 bridgehead atoms. The Hall–Kier alpha value is -1.11. The molecule has 0 radical (unpaired) electrons. The van der Waals surface area contributed by atoms with Crippen LogP contribution in [0.2, 0.25) is 0 Å². The van der Waals surface area contributed by atoms with Crippen LogP contribution in [0.3, 0.4) is 0 Å². The minimum absolute atomic E-state index is 0.619. The van der Waals surface area contributed by atoms with Gasteiger partial charge in [0.2, 0.25) is 0 Å². The van der Waals surface area contributed by atoms with E-state index in [9.17, 15) is 4.79 Å². The number of allylic oxidation sites excluding steroid dienone is 6. The maximum Gasteiger partial charge on any atom is 0.120 e. The van der Waals surface area contributed by atoms with E-state index < -0.39 is 0 Å². The fourth-order valence-corrected chi connectivity index (χ4v) is 0.578. The Balaban J connectivity index is 3.35. The van der Waals surface area contributed by atoms with Crippen LogP contribution in [-0.2, 0) is 4.79 Å². The maximum absolute atomic E-state index is 9.88. The molecule has 0 unspecified atom stereocenters. The van der Waals surface area contributed by atoms with Crippen LogP contribution in [0.5, 0.6) is 0 Å². The van der Waals surface area contributed by atoms with Crippen LogP contribution in [0.4, 0.5) is 0 Å². The van der Waals surface area contributed by atoms with Gasteiger partial charge in [-0.3, -0.25) is 0 Å². The first kappa shape index (κ1) is 9.89. The Bertz CT molecular complexity index is 164. The lowest BCUT2D eigenvalue weighted by atomic mass is 10.3. The summed E-state index contributed by atoms with van der Waals surface area (Å²) in [6, 6.07) is 0. The summed E-state index contributed by atoms with van der Waals surface area (Å²) in [7, 11) is 0. The van der Waals surface area contributed by atoms with Gasteiger partial charge >= 0.3 is 0 Å². The van der Waals surface area contributed by atoms with Crippen molar-refractivity contribution in [3.63, 3.8) is 0 Å². The molecule has 0 spiro atoms. The third-order valence-corrected chi connectivity index (χ3v) is 1.11. The molecule has 0 fully saturated rings. The quantitative estimate of drug-likeness (QED) is 0.334. The SMILES string of the molecule is C\C=C/C=C\C=C\CCC=O. The number of hydrogen-bond donors (Lipinski definition) is 0. The van der Waals surface area contributed by atoms with Crippen LogP contribution in [0.15, 0.2) is 36.5 Å². The van der Waals surface area contributed by atoms with Crippen molar-refractivity contribution in [1.29, 1.82) is 0 Å². The van der Waals surface area contributed by atoms with E-state index in [2.05, 4.69) is 0 Å². The molecule has 0 aliphatic carbocycles. The molecule has 0 atom stereocenters. The molecule has 0 saturated heterocycles. The molecule has 0 saturated carbocycles. The van der Waals surface area contributed by atoms with Crippen LogP contribution in [0.25, 0.3) is 0 Å². The number of carbonyl (C=O) groups excluding carboxylic acids is 1. The van der Waals surface area contributed by atoms with Gasteiger partial charge in [-0.15, -0.1) is 0 Å². The van der Waals surface area contributed by atoms with E-state index in [0.29, 0.717) is 6.42 Å². The highest BCUT2D eigenvalue weighted by Crippen LogP contribution is 1.87. The summed E-state index contributed by atoms with van der Waals surface area (Å²) in [5.41, 5.74) is 0. The fourth-order valence-electron chi connectivity index (χ4n) is 0.578. The second-order valence-corrected chi connectivity index (χ2v) is 2.08. The Morgan fingerprint density at radius 3 is 2.36 bits per heavy atom. The lowest BCUT2D eigenvalue weighted by molar-refractivity contribution is -0.107. The summed E-state index contributed by atoms with van der Waals surface area (Å²) in [5, 5.41) is 0. The summed E-state index contributed by atoms with van der Waals surface area (Å²) in [6.45, 7) is 1.97. The first-order chi connectivity index (χ1) is 5.41. The molecule has 60 valence electrons. The van der Waals surface area contributed by atoms with Crippen LogP contribution < -0.4 is 0 Å². The van der Waals surface area contributed by atoms with E-state index in [-0.39, 0.29) is 0 Å². The molecule has 0 aliphatic rings. The van der Waals surface area contributed by atoms with E-state index in [1.165, 1.54) is 0 Å². The second-order valence-electron chi connectivity index (χ2n) is 2.08. The fraction of sp³-hybridized carbons (Fsp3) is 0.300. The zero-order valence-corrected chi connectivity index (χ0v) is 6.86. The predicted octanol–water partition coefficient (Wildman–Crippen LogP) is 2.65. The predicted molar refractivity (Wildman–Crippen MR) is 48.4 cm³/mol. The number of rotatable bonds is 5. The molecule has 1 heteroatoms. The van der Waals surface area contributed by atoms with Crippen LogP contribution in [0, 0.1) is 0 Å². The third-order valence-electron chi connectivity index (χ3n) is 1.11. The van der Waals surface area contributed by atoms with E-state index >= 15 is 0 Å². The van der Waals surface area contributed by atoms with Gasteiger partial charge in [-0.25, -0.2) is 0 Å². The van der Waals surface area contributed by atoms with Gasteiger partial charge in [0, 0.05) is 6.42 Å². The molecule has 0 aromatic rings. The van der Waals surface area contributed by atoms with Gasteiger partial charge < -0.3 is 4.79 Å². The molecular formula is C10H14O. The third kappa shape index (κ3) is 8.89. The molecule has 0 aliphatic heterocycles. The first-order valence-corrected chi connectivity index (χ1v) is 3.80. The van der Waals surface area contributed by atoms with Gasteiger partial charge in [0.25, 0.3) is 0 Å². The number of carbonyl (C=O) groups is 1. The van der Waals surface area contributed by atoms with Crippen molar-refractivity contribution in [2.24, 2.45) is 0 Å². The summed E-state index contributed by atoms with van der Waals surface area (Å²) >= 11 is 0. The van der Waals surface area contributed by atoms with Gasteiger partial charge in [-0.05, 0) is 13.3 Å². The maximum atomic E-state index is 9.88. The lowest BCUT2D eigenvalue weighted by Crippen LogP contribution is -1.68. The molecule has 0 aromatic heterocycles. The molecule has 11 heavy (non-hydrogen) atoms. The van der Waals surface area contributed by atoms with Gasteiger partial charge in [-0.2, -0.15) is 0 Å². The zero-order chi connectivity index (χ0) is 8.36. The van der Waals surface area contributed by atoms with E-state index in [1.807, 2.05) is 43.4 Å². The summed E-state index contributed by atoms with van der Waals surface area (Å²) in [5.74, 6) is 0. The largest absolute Gasteiger partial charge is 0.303 e. The molecule has 0 heterocycles. The van der Waals surface area contributed by atoms with Crippen molar-refractivity contribution in [3.05, 3.63) is 36.5 Å². The first-order valence-electron chi connectivity index (χ1n) is 3.80. The van der Waals surface area contributed by atoms with Crippen molar-refractivity contribution in [2.45, 2.75) is 19.8 Å². The van der Waals surface area contributed by atoms with Gasteiger partial charge in [-0.1, -0.05) is 36.5 Å². The van der Waals surface area contributed by atoms with E-state index in [4.69, 9.17) is 0 Å². The van der Waals surface area contributed by atoms with Crippen LogP contribution in [0.1, 0.15) is 19.8 Å². The van der Waals surface area contributed by atoms with E-state index in [0.717, 1.165) is 12.7 Å². The number of aldehydes is 1. The highest BCUT2D eigenvalue weighted by atomic mass is 16.1. The van der Waals surface area contributed by atoms with Crippen molar-refractivity contribution in [3.8, 4) is 0 Å². The summed E-state index contributed by atoms with van der Waals surface area (Å²) in [4.78, 5) is 9.88. The Morgan fingerprint density at radius 1 is 1.00 bits per heavy atom. The van der Waals surface area contributed by atoms with Crippen molar-refractivity contribution < 1.29 is 4.79 Å². The van der Waals surface area contributed by atoms with E-state index in [1.54, 1.807) is 0 Å². The van der Waals surface area contributed by atoms with Crippen LogP contribution in [-0.4, -0.2) is 6.29 Å². The summed E-state index contributed by atoms with van der Waals surface area (Å²) < 4.78 is 0. The molecule has 1 nitrogen and oxygen atoms in total. The number of hydrogen-bond acceptors (Lipinski definition) is 1.